The Morgan fingerprint density at radius 1 is 1.03 bits per heavy atom. The second kappa shape index (κ2) is 8.01. The highest BCUT2D eigenvalue weighted by Crippen LogP contribution is 2.28. The maximum Gasteiger partial charge on any atom is 0.248 e. The quantitative estimate of drug-likeness (QED) is 0.486. The molecule has 1 aliphatic rings. The van der Waals surface area contributed by atoms with Crippen LogP contribution in [-0.4, -0.2) is 27.5 Å². The SMILES string of the molecule is CCc1cc2c(cc1CC)CC(N[C@H](O)Cc1ccc(O)c3[nH]c(=O)ccc13)C2. The lowest BCUT2D eigenvalue weighted by Crippen LogP contribution is -2.40. The van der Waals surface area contributed by atoms with Gasteiger partial charge < -0.3 is 15.2 Å². The molecule has 4 N–H and O–H groups in total. The molecule has 1 atom stereocenters. The van der Waals surface area contributed by atoms with Crippen molar-refractivity contribution in [3.05, 3.63) is 74.6 Å². The largest absolute Gasteiger partial charge is 0.506 e. The average Bonchev–Trinajstić information content (AvgIpc) is 3.09. The lowest BCUT2D eigenvalue weighted by molar-refractivity contribution is 0.124. The van der Waals surface area contributed by atoms with Crippen LogP contribution in [-0.2, 0) is 32.1 Å². The number of benzene rings is 2. The molecule has 2 aromatic carbocycles. The normalized spacial score (nSPS) is 15.0. The first kappa shape index (κ1) is 19.7. The van der Waals surface area contributed by atoms with Gasteiger partial charge in [-0.15, -0.1) is 0 Å². The highest BCUT2D eigenvalue weighted by Gasteiger charge is 2.24. The average molecular weight is 392 g/mol. The van der Waals surface area contributed by atoms with E-state index in [2.05, 4.69) is 36.3 Å². The zero-order valence-corrected chi connectivity index (χ0v) is 17.0. The Labute approximate surface area is 170 Å². The number of hydrogen-bond donors (Lipinski definition) is 4. The summed E-state index contributed by atoms with van der Waals surface area (Å²) in [6.07, 6.45) is 3.64. The van der Waals surface area contributed by atoms with E-state index < -0.39 is 6.23 Å². The minimum atomic E-state index is -0.703. The summed E-state index contributed by atoms with van der Waals surface area (Å²) in [6.45, 7) is 4.40. The van der Waals surface area contributed by atoms with Gasteiger partial charge in [0.05, 0.1) is 5.52 Å². The molecule has 29 heavy (non-hydrogen) atoms. The second-order valence-corrected chi connectivity index (χ2v) is 7.94. The minimum Gasteiger partial charge on any atom is -0.506 e. The summed E-state index contributed by atoms with van der Waals surface area (Å²) >= 11 is 0. The van der Waals surface area contributed by atoms with Crippen molar-refractivity contribution in [1.29, 1.82) is 0 Å². The molecule has 152 valence electrons. The Balaban J connectivity index is 1.48. The van der Waals surface area contributed by atoms with Gasteiger partial charge in [-0.1, -0.05) is 32.0 Å². The summed E-state index contributed by atoms with van der Waals surface area (Å²) < 4.78 is 0. The van der Waals surface area contributed by atoms with Gasteiger partial charge in [0, 0.05) is 23.9 Å². The monoisotopic (exact) mass is 392 g/mol. The number of pyridine rings is 1. The summed E-state index contributed by atoms with van der Waals surface area (Å²) in [5.41, 5.74) is 6.66. The number of aryl methyl sites for hydroxylation is 2. The van der Waals surface area contributed by atoms with Crippen LogP contribution in [0.25, 0.3) is 10.9 Å². The van der Waals surface area contributed by atoms with Crippen LogP contribution < -0.4 is 10.9 Å². The number of phenolic OH excluding ortho intramolecular Hbond substituents is 1. The Morgan fingerprint density at radius 2 is 1.69 bits per heavy atom. The van der Waals surface area contributed by atoms with E-state index >= 15 is 0 Å². The van der Waals surface area contributed by atoms with E-state index in [-0.39, 0.29) is 17.4 Å². The van der Waals surface area contributed by atoms with Gasteiger partial charge in [0.25, 0.3) is 0 Å². The van der Waals surface area contributed by atoms with Gasteiger partial charge >= 0.3 is 0 Å². The number of aromatic amines is 1. The molecule has 0 bridgehead atoms. The van der Waals surface area contributed by atoms with Crippen molar-refractivity contribution in [1.82, 2.24) is 10.3 Å². The highest BCUT2D eigenvalue weighted by atomic mass is 16.3. The molecule has 5 nitrogen and oxygen atoms in total. The van der Waals surface area contributed by atoms with Gasteiger partial charge in [-0.2, -0.15) is 0 Å². The first-order valence-electron chi connectivity index (χ1n) is 10.4. The fourth-order valence-corrected chi connectivity index (χ4v) is 4.56. The predicted octanol–water partition coefficient (Wildman–Crippen LogP) is 2.98. The summed E-state index contributed by atoms with van der Waals surface area (Å²) in [4.78, 5) is 14.2. The van der Waals surface area contributed by atoms with Gasteiger partial charge in [0.2, 0.25) is 5.56 Å². The van der Waals surface area contributed by atoms with E-state index in [0.717, 1.165) is 36.6 Å². The van der Waals surface area contributed by atoms with Crippen LogP contribution in [0.1, 0.15) is 41.7 Å². The number of phenols is 1. The second-order valence-electron chi connectivity index (χ2n) is 7.94. The number of hydrogen-bond acceptors (Lipinski definition) is 4. The molecule has 0 aliphatic heterocycles. The third-order valence-electron chi connectivity index (χ3n) is 6.02. The maximum atomic E-state index is 11.6. The topological polar surface area (TPSA) is 85.3 Å². The summed E-state index contributed by atoms with van der Waals surface area (Å²) in [6, 6.07) is 11.4. The number of aliphatic hydroxyl groups is 1. The smallest absolute Gasteiger partial charge is 0.248 e. The fourth-order valence-electron chi connectivity index (χ4n) is 4.56. The third kappa shape index (κ3) is 3.93. The van der Waals surface area contributed by atoms with Crippen molar-refractivity contribution in [3.63, 3.8) is 0 Å². The van der Waals surface area contributed by atoms with Crippen LogP contribution >= 0.6 is 0 Å². The van der Waals surface area contributed by atoms with E-state index in [9.17, 15) is 15.0 Å². The van der Waals surface area contributed by atoms with Gasteiger partial charge in [0.1, 0.15) is 12.0 Å². The molecule has 4 rings (SSSR count). The van der Waals surface area contributed by atoms with Gasteiger partial charge in [-0.05, 0) is 65.6 Å². The Bertz CT molecular complexity index is 1070. The predicted molar refractivity (Wildman–Crippen MR) is 115 cm³/mol. The molecule has 1 aliphatic carbocycles. The molecule has 0 radical (unpaired) electrons. The number of aromatic hydroxyl groups is 1. The van der Waals surface area contributed by atoms with Crippen LogP contribution in [0.5, 0.6) is 5.75 Å². The van der Waals surface area contributed by atoms with Crippen molar-refractivity contribution >= 4 is 10.9 Å². The standard InChI is InChI=1S/C24H28N2O3/c1-3-14-9-17-11-19(12-18(17)10-15(14)4-2)25-23(29)13-16-5-7-21(27)24-20(16)6-8-22(28)26-24/h5-10,19,23,25,27,29H,3-4,11-13H2,1-2H3,(H,26,28)/t23-/m1/s1. The van der Waals surface area contributed by atoms with Crippen molar-refractivity contribution in [2.45, 2.75) is 58.2 Å². The fraction of sp³-hybridized carbons (Fsp3) is 0.375. The molecular weight excluding hydrogens is 364 g/mol. The number of H-pyrrole nitrogens is 1. The summed E-state index contributed by atoms with van der Waals surface area (Å²) in [7, 11) is 0. The number of nitrogens with one attached hydrogen (secondary N) is 2. The molecule has 0 spiro atoms. The zero-order chi connectivity index (χ0) is 20.5. The lowest BCUT2D eigenvalue weighted by atomic mass is 9.97. The molecule has 1 heterocycles. The third-order valence-corrected chi connectivity index (χ3v) is 6.02. The van der Waals surface area contributed by atoms with E-state index in [1.54, 1.807) is 18.2 Å². The van der Waals surface area contributed by atoms with E-state index in [1.165, 1.54) is 28.3 Å². The zero-order valence-electron chi connectivity index (χ0n) is 17.0. The van der Waals surface area contributed by atoms with Crippen molar-refractivity contribution < 1.29 is 10.2 Å². The lowest BCUT2D eigenvalue weighted by Gasteiger charge is -2.19. The molecule has 0 saturated carbocycles. The molecule has 3 aromatic rings. The van der Waals surface area contributed by atoms with Gasteiger partial charge in [-0.3, -0.25) is 10.1 Å². The summed E-state index contributed by atoms with van der Waals surface area (Å²) in [5.74, 6) is 0.0357. The molecule has 0 unspecified atom stereocenters. The molecular formula is C24H28N2O3. The van der Waals surface area contributed by atoms with Crippen LogP contribution in [0.2, 0.25) is 0 Å². The van der Waals surface area contributed by atoms with Crippen molar-refractivity contribution in [2.24, 2.45) is 0 Å². The highest BCUT2D eigenvalue weighted by molar-refractivity contribution is 5.87. The van der Waals surface area contributed by atoms with Crippen molar-refractivity contribution in [3.8, 4) is 5.75 Å². The number of fused-ring (bicyclic) bond motifs is 2. The molecule has 1 aromatic heterocycles. The molecule has 0 amide bonds. The minimum absolute atomic E-state index is 0.0357. The molecule has 5 heteroatoms. The maximum absolute atomic E-state index is 11.6. The Hall–Kier alpha value is -2.63. The van der Waals surface area contributed by atoms with Crippen molar-refractivity contribution in [2.75, 3.05) is 0 Å². The van der Waals surface area contributed by atoms with Gasteiger partial charge in [-0.25, -0.2) is 0 Å². The molecule has 0 fully saturated rings. The number of aromatic nitrogens is 1. The first-order valence-corrected chi connectivity index (χ1v) is 10.4. The number of aliphatic hydroxyl groups excluding tert-OH is 1. The van der Waals surface area contributed by atoms with Crippen LogP contribution in [0.3, 0.4) is 0 Å². The first-order chi connectivity index (χ1) is 14.0. The van der Waals surface area contributed by atoms with Crippen LogP contribution in [0.4, 0.5) is 0 Å². The number of rotatable bonds is 6. The van der Waals surface area contributed by atoms with Crippen LogP contribution in [0.15, 0.2) is 41.2 Å². The molecule has 0 saturated heterocycles. The van der Waals surface area contributed by atoms with E-state index in [0.29, 0.717) is 11.9 Å². The Morgan fingerprint density at radius 3 is 2.31 bits per heavy atom. The van der Waals surface area contributed by atoms with E-state index in [4.69, 9.17) is 0 Å². The van der Waals surface area contributed by atoms with Crippen LogP contribution in [0, 0.1) is 0 Å². The summed E-state index contributed by atoms with van der Waals surface area (Å²) in [5, 5.41) is 24.8. The Kier molecular flexibility index (Phi) is 5.43. The van der Waals surface area contributed by atoms with Gasteiger partial charge in [0.15, 0.2) is 0 Å². The van der Waals surface area contributed by atoms with E-state index in [1.807, 2.05) is 0 Å².